The van der Waals surface area contributed by atoms with E-state index in [1.807, 2.05) is 7.05 Å². The Morgan fingerprint density at radius 3 is 2.11 bits per heavy atom. The Labute approximate surface area is 183 Å². The molecule has 0 spiro atoms. The highest BCUT2D eigenvalue weighted by molar-refractivity contribution is 14.0. The fraction of sp³-hybridized carbons (Fsp3) is 0.286. The fourth-order valence-electron chi connectivity index (χ4n) is 3.09. The van der Waals surface area contributed by atoms with Crippen molar-refractivity contribution in [3.05, 3.63) is 83.9 Å². The molecule has 2 N–H and O–H groups in total. The van der Waals surface area contributed by atoms with Gasteiger partial charge < -0.3 is 10.6 Å². The molecule has 0 aliphatic carbocycles. The van der Waals surface area contributed by atoms with Crippen molar-refractivity contribution in [2.45, 2.75) is 18.9 Å². The lowest BCUT2D eigenvalue weighted by molar-refractivity contribution is 0.656. The third kappa shape index (κ3) is 6.05. The number of halogens is 1. The van der Waals surface area contributed by atoms with Crippen LogP contribution in [0.4, 0.5) is 0 Å². The number of benzene rings is 2. The molecule has 2 aromatic carbocycles. The van der Waals surface area contributed by atoms with Gasteiger partial charge in [0.15, 0.2) is 5.96 Å². The summed E-state index contributed by atoms with van der Waals surface area (Å²) in [4.78, 5) is 8.51. The van der Waals surface area contributed by atoms with E-state index in [0.29, 0.717) is 12.5 Å². The van der Waals surface area contributed by atoms with E-state index in [2.05, 4.69) is 86.4 Å². The number of aromatic nitrogens is 3. The zero-order chi connectivity index (χ0) is 18.9. The van der Waals surface area contributed by atoms with E-state index in [-0.39, 0.29) is 24.0 Å². The van der Waals surface area contributed by atoms with Gasteiger partial charge in [0.2, 0.25) is 0 Å². The van der Waals surface area contributed by atoms with Crippen LogP contribution >= 0.6 is 24.0 Å². The van der Waals surface area contributed by atoms with Crippen LogP contribution < -0.4 is 10.6 Å². The molecule has 0 saturated carbocycles. The number of nitrogens with zero attached hydrogens (tertiary/aromatic N) is 4. The number of guanidine groups is 1. The second-order valence-electron chi connectivity index (χ2n) is 6.32. The first-order valence-electron chi connectivity index (χ1n) is 9.15. The van der Waals surface area contributed by atoms with Crippen LogP contribution in [0.3, 0.4) is 0 Å². The number of aliphatic imine (C=N–C) groups is 1. The summed E-state index contributed by atoms with van der Waals surface area (Å²) in [5.41, 5.74) is 2.65. The lowest BCUT2D eigenvalue weighted by Crippen LogP contribution is -2.38. The standard InChI is InChI=1S/C21H26N6.HI/c1-22-21(24-15-20-25-16-26-27(20)2)23-14-13-19(17-9-5-3-6-10-17)18-11-7-4-8-12-18;/h3-12,16,19H,13-15H2,1-2H3,(H2,22,23,24);1H. The van der Waals surface area contributed by atoms with Gasteiger partial charge in [0, 0.05) is 26.6 Å². The van der Waals surface area contributed by atoms with Gasteiger partial charge in [0.1, 0.15) is 12.2 Å². The summed E-state index contributed by atoms with van der Waals surface area (Å²) in [6, 6.07) is 21.3. The first-order chi connectivity index (χ1) is 13.3. The van der Waals surface area contributed by atoms with Crippen LogP contribution in [0.2, 0.25) is 0 Å². The summed E-state index contributed by atoms with van der Waals surface area (Å²) in [5.74, 6) is 1.97. The van der Waals surface area contributed by atoms with Crippen molar-refractivity contribution in [1.82, 2.24) is 25.4 Å². The highest BCUT2D eigenvalue weighted by atomic mass is 127. The molecule has 0 radical (unpaired) electrons. The van der Waals surface area contributed by atoms with Crippen molar-refractivity contribution in [1.29, 1.82) is 0 Å². The molecule has 1 aromatic heterocycles. The van der Waals surface area contributed by atoms with E-state index in [0.717, 1.165) is 24.7 Å². The molecular formula is C21H27IN6. The van der Waals surface area contributed by atoms with Gasteiger partial charge in [-0.1, -0.05) is 60.7 Å². The van der Waals surface area contributed by atoms with Crippen LogP contribution in [0.25, 0.3) is 0 Å². The van der Waals surface area contributed by atoms with E-state index in [1.54, 1.807) is 18.1 Å². The molecule has 3 rings (SSSR count). The Balaban J connectivity index is 0.00000280. The molecule has 0 saturated heterocycles. The minimum absolute atomic E-state index is 0. The van der Waals surface area contributed by atoms with E-state index in [4.69, 9.17) is 0 Å². The molecule has 148 valence electrons. The highest BCUT2D eigenvalue weighted by Crippen LogP contribution is 2.27. The SMILES string of the molecule is CN=C(NCCC(c1ccccc1)c1ccccc1)NCc1ncnn1C.I. The fourth-order valence-corrected chi connectivity index (χ4v) is 3.09. The maximum absolute atomic E-state index is 4.30. The van der Waals surface area contributed by atoms with Crippen LogP contribution in [0.15, 0.2) is 72.0 Å². The zero-order valence-corrected chi connectivity index (χ0v) is 18.6. The first kappa shape index (κ1) is 21.9. The summed E-state index contributed by atoms with van der Waals surface area (Å²) in [5, 5.41) is 10.8. The average molecular weight is 490 g/mol. The zero-order valence-electron chi connectivity index (χ0n) is 16.2. The summed E-state index contributed by atoms with van der Waals surface area (Å²) in [6.07, 6.45) is 2.52. The van der Waals surface area contributed by atoms with Gasteiger partial charge in [-0.25, -0.2) is 4.98 Å². The van der Waals surface area contributed by atoms with E-state index < -0.39 is 0 Å². The molecule has 0 aliphatic rings. The van der Waals surface area contributed by atoms with Gasteiger partial charge in [-0.15, -0.1) is 24.0 Å². The number of aryl methyl sites for hydroxylation is 1. The van der Waals surface area contributed by atoms with Gasteiger partial charge >= 0.3 is 0 Å². The van der Waals surface area contributed by atoms with Gasteiger partial charge in [-0.05, 0) is 17.5 Å². The topological polar surface area (TPSA) is 67.1 Å². The maximum atomic E-state index is 4.30. The molecule has 0 bridgehead atoms. The second-order valence-corrected chi connectivity index (χ2v) is 6.32. The Hall–Kier alpha value is -2.42. The minimum Gasteiger partial charge on any atom is -0.356 e. The van der Waals surface area contributed by atoms with Crippen molar-refractivity contribution >= 4 is 29.9 Å². The summed E-state index contributed by atoms with van der Waals surface area (Å²) in [7, 11) is 3.66. The molecule has 0 unspecified atom stereocenters. The molecule has 28 heavy (non-hydrogen) atoms. The Morgan fingerprint density at radius 2 is 1.61 bits per heavy atom. The van der Waals surface area contributed by atoms with E-state index in [9.17, 15) is 0 Å². The third-order valence-corrected chi connectivity index (χ3v) is 4.57. The van der Waals surface area contributed by atoms with Crippen molar-refractivity contribution in [2.24, 2.45) is 12.0 Å². The Kier molecular flexibility index (Phi) is 8.93. The average Bonchev–Trinajstić information content (AvgIpc) is 3.13. The smallest absolute Gasteiger partial charge is 0.191 e. The summed E-state index contributed by atoms with van der Waals surface area (Å²) >= 11 is 0. The number of rotatable bonds is 7. The monoisotopic (exact) mass is 490 g/mol. The largest absolute Gasteiger partial charge is 0.356 e. The van der Waals surface area contributed by atoms with Crippen LogP contribution in [-0.4, -0.2) is 34.3 Å². The molecule has 6 nitrogen and oxygen atoms in total. The second kappa shape index (κ2) is 11.4. The molecule has 1 heterocycles. The third-order valence-electron chi connectivity index (χ3n) is 4.57. The molecule has 7 heteroatoms. The van der Waals surface area contributed by atoms with Crippen LogP contribution in [0.5, 0.6) is 0 Å². The van der Waals surface area contributed by atoms with Crippen LogP contribution in [-0.2, 0) is 13.6 Å². The molecule has 0 amide bonds. The molecule has 0 aliphatic heterocycles. The first-order valence-corrected chi connectivity index (χ1v) is 9.15. The predicted molar refractivity (Wildman–Crippen MR) is 124 cm³/mol. The Morgan fingerprint density at radius 1 is 1.00 bits per heavy atom. The van der Waals surface area contributed by atoms with Crippen LogP contribution in [0, 0.1) is 0 Å². The predicted octanol–water partition coefficient (Wildman–Crippen LogP) is 3.32. The van der Waals surface area contributed by atoms with Gasteiger partial charge in [-0.2, -0.15) is 5.10 Å². The Bertz CT molecular complexity index is 808. The van der Waals surface area contributed by atoms with Gasteiger partial charge in [-0.3, -0.25) is 9.67 Å². The van der Waals surface area contributed by atoms with Gasteiger partial charge in [0.05, 0.1) is 6.54 Å². The molecule has 0 fully saturated rings. The quantitative estimate of drug-likeness (QED) is 0.303. The summed E-state index contributed by atoms with van der Waals surface area (Å²) < 4.78 is 1.75. The van der Waals surface area contributed by atoms with E-state index >= 15 is 0 Å². The van der Waals surface area contributed by atoms with E-state index in [1.165, 1.54) is 11.1 Å². The lowest BCUT2D eigenvalue weighted by Gasteiger charge is -2.19. The molecule has 0 atom stereocenters. The minimum atomic E-state index is 0. The normalized spacial score (nSPS) is 11.2. The van der Waals surface area contributed by atoms with Crippen LogP contribution in [0.1, 0.15) is 29.3 Å². The van der Waals surface area contributed by atoms with Crippen molar-refractivity contribution in [3.8, 4) is 0 Å². The number of hydrogen-bond donors (Lipinski definition) is 2. The van der Waals surface area contributed by atoms with Crippen molar-refractivity contribution in [3.63, 3.8) is 0 Å². The van der Waals surface area contributed by atoms with Crippen molar-refractivity contribution < 1.29 is 0 Å². The van der Waals surface area contributed by atoms with Crippen molar-refractivity contribution in [2.75, 3.05) is 13.6 Å². The van der Waals surface area contributed by atoms with Gasteiger partial charge in [0.25, 0.3) is 0 Å². The highest BCUT2D eigenvalue weighted by Gasteiger charge is 2.13. The summed E-state index contributed by atoms with van der Waals surface area (Å²) in [6.45, 7) is 1.39. The maximum Gasteiger partial charge on any atom is 0.191 e. The molecular weight excluding hydrogens is 463 g/mol. The number of hydrogen-bond acceptors (Lipinski definition) is 3. The lowest BCUT2D eigenvalue weighted by atomic mass is 9.88. The number of nitrogens with one attached hydrogen (secondary N) is 2. The molecule has 3 aromatic rings.